The summed E-state index contributed by atoms with van der Waals surface area (Å²) in [6.45, 7) is 7.73. The number of benzene rings is 1. The Hall–Kier alpha value is -1.83. The zero-order valence-electron chi connectivity index (χ0n) is 20.3. The van der Waals surface area contributed by atoms with E-state index in [1.54, 1.807) is 0 Å². The van der Waals surface area contributed by atoms with Gasteiger partial charge in [0.15, 0.2) is 0 Å². The van der Waals surface area contributed by atoms with Gasteiger partial charge in [-0.25, -0.2) is 0 Å². The first-order valence-corrected chi connectivity index (χ1v) is 13.3. The minimum atomic E-state index is -0.320. The fraction of sp³-hybridized carbons (Fsp3) is 0.692. The molecule has 2 aliphatic carbocycles. The molecule has 2 saturated carbocycles. The summed E-state index contributed by atoms with van der Waals surface area (Å²) in [5.41, 5.74) is 6.76. The smallest absolute Gasteiger partial charge is 0.224 e. The number of nitrogens with two attached hydrogens (primary N) is 1. The van der Waals surface area contributed by atoms with Gasteiger partial charge in [-0.3, -0.25) is 14.5 Å². The van der Waals surface area contributed by atoms with Gasteiger partial charge in [0.05, 0.1) is 28.6 Å². The minimum absolute atomic E-state index is 0.0244. The van der Waals surface area contributed by atoms with Gasteiger partial charge < -0.3 is 20.7 Å². The minimum Gasteiger partial charge on any atom is -0.375 e. The van der Waals surface area contributed by atoms with Crippen molar-refractivity contribution in [3.63, 3.8) is 0 Å². The molecule has 7 nitrogen and oxygen atoms in total. The highest BCUT2D eigenvalue weighted by atomic mass is 35.5. The molecule has 1 aromatic carbocycles. The van der Waals surface area contributed by atoms with E-state index in [0.717, 1.165) is 75.5 Å². The number of hydrogen-bond acceptors (Lipinski definition) is 5. The van der Waals surface area contributed by atoms with Crippen LogP contribution in [0.2, 0.25) is 5.02 Å². The topological polar surface area (TPSA) is 87.9 Å². The van der Waals surface area contributed by atoms with Gasteiger partial charge in [-0.15, -0.1) is 0 Å². The molecule has 34 heavy (non-hydrogen) atoms. The fourth-order valence-electron chi connectivity index (χ4n) is 6.15. The van der Waals surface area contributed by atoms with Crippen molar-refractivity contribution in [2.45, 2.75) is 45.1 Å². The number of amides is 2. The lowest BCUT2D eigenvalue weighted by Crippen LogP contribution is -2.51. The maximum Gasteiger partial charge on any atom is 0.224 e. The van der Waals surface area contributed by atoms with Gasteiger partial charge in [0.25, 0.3) is 0 Å². The number of carbonyl (C=O) groups excluding carboxylic acids is 2. The van der Waals surface area contributed by atoms with Gasteiger partial charge in [0, 0.05) is 45.9 Å². The van der Waals surface area contributed by atoms with Crippen LogP contribution < -0.4 is 16.0 Å². The summed E-state index contributed by atoms with van der Waals surface area (Å²) in [5.74, 6) is -0.352. The van der Waals surface area contributed by atoms with Gasteiger partial charge in [-0.2, -0.15) is 0 Å². The number of nitrogens with zero attached hydrogens (tertiary/aromatic N) is 2. The molecule has 5 atom stereocenters. The number of para-hydroxylation sites is 1. The number of rotatable bonds is 11. The van der Waals surface area contributed by atoms with Crippen LogP contribution in [0, 0.1) is 23.7 Å². The quantitative estimate of drug-likeness (QED) is 0.466. The number of unbranched alkanes of at least 4 members (excludes halogenated alkanes) is 1. The first kappa shape index (κ1) is 25.3. The molecule has 1 heterocycles. The molecule has 0 radical (unpaired) electrons. The molecule has 0 spiro atoms. The van der Waals surface area contributed by atoms with E-state index < -0.39 is 0 Å². The molecule has 5 unspecified atom stereocenters. The fourth-order valence-corrected chi connectivity index (χ4v) is 6.40. The monoisotopic (exact) mass is 490 g/mol. The van der Waals surface area contributed by atoms with Crippen LogP contribution in [0.25, 0.3) is 0 Å². The van der Waals surface area contributed by atoms with Crippen LogP contribution >= 0.6 is 11.6 Å². The molecule has 2 bridgehead atoms. The van der Waals surface area contributed by atoms with Gasteiger partial charge >= 0.3 is 0 Å². The van der Waals surface area contributed by atoms with Crippen molar-refractivity contribution >= 4 is 29.1 Å². The summed E-state index contributed by atoms with van der Waals surface area (Å²) < 4.78 is 6.18. The van der Waals surface area contributed by atoms with Crippen LogP contribution in [0.5, 0.6) is 0 Å². The first-order valence-electron chi connectivity index (χ1n) is 12.9. The van der Waals surface area contributed by atoms with Gasteiger partial charge in [0.1, 0.15) is 0 Å². The largest absolute Gasteiger partial charge is 0.375 e. The Morgan fingerprint density at radius 2 is 1.85 bits per heavy atom. The molecule has 3 fully saturated rings. The lowest BCUT2D eigenvalue weighted by atomic mass is 9.78. The van der Waals surface area contributed by atoms with Crippen LogP contribution in [-0.2, 0) is 14.3 Å². The second-order valence-corrected chi connectivity index (χ2v) is 10.5. The van der Waals surface area contributed by atoms with Crippen LogP contribution in [0.4, 0.5) is 5.69 Å². The maximum absolute atomic E-state index is 13.1. The van der Waals surface area contributed by atoms with E-state index >= 15 is 0 Å². The Morgan fingerprint density at radius 1 is 1.15 bits per heavy atom. The molecule has 188 valence electrons. The average molecular weight is 491 g/mol. The molecule has 4 rings (SSSR count). The second kappa shape index (κ2) is 11.7. The normalized spacial score (nSPS) is 27.6. The number of anilines is 1. The van der Waals surface area contributed by atoms with Gasteiger partial charge in [0.2, 0.25) is 11.8 Å². The molecule has 1 aliphatic heterocycles. The Labute approximate surface area is 208 Å². The van der Waals surface area contributed by atoms with Gasteiger partial charge in [-0.1, -0.05) is 37.1 Å². The molecular weight excluding hydrogens is 452 g/mol. The lowest BCUT2D eigenvalue weighted by molar-refractivity contribution is -0.135. The van der Waals surface area contributed by atoms with E-state index in [-0.39, 0.29) is 35.7 Å². The number of nitrogens with one attached hydrogen (secondary N) is 1. The van der Waals surface area contributed by atoms with Gasteiger partial charge in [-0.05, 0) is 49.7 Å². The van der Waals surface area contributed by atoms with E-state index in [4.69, 9.17) is 22.1 Å². The number of carbonyl (C=O) groups is 2. The SMILES string of the molecule is CCCCOC(CNC(=O)C1C2CCC(C2)C1C(N)=O)CN1CCN(c2ccccc2Cl)CC1. The van der Waals surface area contributed by atoms with Crippen LogP contribution in [-0.4, -0.2) is 68.7 Å². The van der Waals surface area contributed by atoms with E-state index in [1.165, 1.54) is 0 Å². The third-order valence-electron chi connectivity index (χ3n) is 7.93. The number of halogens is 1. The van der Waals surface area contributed by atoms with Crippen molar-refractivity contribution in [1.82, 2.24) is 10.2 Å². The molecule has 8 heteroatoms. The maximum atomic E-state index is 13.1. The van der Waals surface area contributed by atoms with Crippen molar-refractivity contribution < 1.29 is 14.3 Å². The number of primary amides is 1. The van der Waals surface area contributed by atoms with Crippen molar-refractivity contribution in [2.24, 2.45) is 29.4 Å². The Morgan fingerprint density at radius 3 is 2.53 bits per heavy atom. The van der Waals surface area contributed by atoms with E-state index in [2.05, 4.69) is 28.1 Å². The summed E-state index contributed by atoms with van der Waals surface area (Å²) in [6, 6.07) is 7.98. The van der Waals surface area contributed by atoms with Crippen LogP contribution in [0.1, 0.15) is 39.0 Å². The molecule has 1 saturated heterocycles. The molecule has 1 aromatic rings. The highest BCUT2D eigenvalue weighted by Gasteiger charge is 2.53. The number of ether oxygens (including phenoxy) is 1. The standard InChI is InChI=1S/C26H39ClN4O3/c1-2-3-14-34-20(16-29-26(33)24-19-9-8-18(15-19)23(24)25(28)32)17-30-10-12-31(13-11-30)22-7-5-4-6-21(22)27/h4-7,18-20,23-24H,2-3,8-17H2,1H3,(H2,28,32)(H,29,33). The Balaban J connectivity index is 1.30. The predicted molar refractivity (Wildman–Crippen MR) is 135 cm³/mol. The highest BCUT2D eigenvalue weighted by Crippen LogP contribution is 2.52. The summed E-state index contributed by atoms with van der Waals surface area (Å²) >= 11 is 6.38. The average Bonchev–Trinajstić information content (AvgIpc) is 3.45. The molecular formula is C26H39ClN4O3. The van der Waals surface area contributed by atoms with Crippen molar-refractivity contribution in [1.29, 1.82) is 0 Å². The van der Waals surface area contributed by atoms with E-state index in [0.29, 0.717) is 19.1 Å². The van der Waals surface area contributed by atoms with Crippen molar-refractivity contribution in [3.8, 4) is 0 Å². The Bertz CT molecular complexity index is 845. The molecule has 0 aromatic heterocycles. The molecule has 3 N–H and O–H groups in total. The summed E-state index contributed by atoms with van der Waals surface area (Å²) in [5, 5.41) is 3.91. The number of fused-ring (bicyclic) bond motifs is 2. The lowest BCUT2D eigenvalue weighted by Gasteiger charge is -2.38. The molecule has 2 amide bonds. The van der Waals surface area contributed by atoms with Crippen LogP contribution in [0.3, 0.4) is 0 Å². The zero-order chi connectivity index (χ0) is 24.1. The molecule has 3 aliphatic rings. The number of hydrogen-bond donors (Lipinski definition) is 2. The van der Waals surface area contributed by atoms with E-state index in [9.17, 15) is 9.59 Å². The van der Waals surface area contributed by atoms with E-state index in [1.807, 2.05) is 18.2 Å². The highest BCUT2D eigenvalue weighted by molar-refractivity contribution is 6.33. The summed E-state index contributed by atoms with van der Waals surface area (Å²) in [7, 11) is 0. The summed E-state index contributed by atoms with van der Waals surface area (Å²) in [4.78, 5) is 29.9. The Kier molecular flexibility index (Phi) is 8.72. The van der Waals surface area contributed by atoms with Crippen molar-refractivity contribution in [3.05, 3.63) is 29.3 Å². The summed E-state index contributed by atoms with van der Waals surface area (Å²) in [6.07, 6.45) is 5.00. The van der Waals surface area contributed by atoms with Crippen molar-refractivity contribution in [2.75, 3.05) is 50.8 Å². The first-order chi connectivity index (χ1) is 16.5. The zero-order valence-corrected chi connectivity index (χ0v) is 21.0. The second-order valence-electron chi connectivity index (χ2n) is 10.1. The third kappa shape index (κ3) is 5.86. The van der Waals surface area contributed by atoms with Crippen LogP contribution in [0.15, 0.2) is 24.3 Å². The predicted octanol–water partition coefficient (Wildman–Crippen LogP) is 2.91. The third-order valence-corrected chi connectivity index (χ3v) is 8.25. The number of piperazine rings is 1.